The molecule has 4 unspecified atom stereocenters. The zero-order valence-corrected chi connectivity index (χ0v) is 12.1. The van der Waals surface area contributed by atoms with E-state index in [2.05, 4.69) is 25.7 Å². The number of nitrogens with two attached hydrogens (primary N) is 1. The van der Waals surface area contributed by atoms with Gasteiger partial charge in [0.05, 0.1) is 0 Å². The summed E-state index contributed by atoms with van der Waals surface area (Å²) in [6.45, 7) is 8.67. The SMILES string of the molecule is CC(C)C1CCN(C(=O)C2CCC(N)CC2C)C1. The van der Waals surface area contributed by atoms with Crippen LogP contribution in [0.25, 0.3) is 0 Å². The van der Waals surface area contributed by atoms with Gasteiger partial charge in [-0.25, -0.2) is 0 Å². The van der Waals surface area contributed by atoms with Gasteiger partial charge in [0, 0.05) is 25.0 Å². The average Bonchev–Trinajstić information content (AvgIpc) is 2.77. The molecule has 1 aliphatic heterocycles. The highest BCUT2D eigenvalue weighted by atomic mass is 16.2. The molecule has 0 bridgehead atoms. The summed E-state index contributed by atoms with van der Waals surface area (Å²) >= 11 is 0. The first-order valence-corrected chi connectivity index (χ1v) is 7.53. The lowest BCUT2D eigenvalue weighted by Gasteiger charge is -2.34. The van der Waals surface area contributed by atoms with Crippen molar-refractivity contribution in [3.05, 3.63) is 0 Å². The summed E-state index contributed by atoms with van der Waals surface area (Å²) in [7, 11) is 0. The fourth-order valence-corrected chi connectivity index (χ4v) is 3.57. The zero-order chi connectivity index (χ0) is 13.3. The van der Waals surface area contributed by atoms with Crippen LogP contribution in [0.4, 0.5) is 0 Å². The Morgan fingerprint density at radius 3 is 2.56 bits per heavy atom. The van der Waals surface area contributed by atoms with E-state index in [4.69, 9.17) is 5.73 Å². The van der Waals surface area contributed by atoms with Crippen molar-refractivity contribution in [3.8, 4) is 0 Å². The quantitative estimate of drug-likeness (QED) is 0.819. The first kappa shape index (κ1) is 13.9. The molecule has 4 atom stereocenters. The van der Waals surface area contributed by atoms with Crippen molar-refractivity contribution >= 4 is 5.91 Å². The van der Waals surface area contributed by atoms with Gasteiger partial charge in [0.2, 0.25) is 5.91 Å². The van der Waals surface area contributed by atoms with Gasteiger partial charge in [-0.1, -0.05) is 20.8 Å². The Kier molecular flexibility index (Phi) is 4.31. The molecule has 3 heteroatoms. The molecule has 2 aliphatic rings. The molecule has 2 fully saturated rings. The highest BCUT2D eigenvalue weighted by molar-refractivity contribution is 5.79. The molecule has 2 N–H and O–H groups in total. The number of carbonyl (C=O) groups excluding carboxylic acids is 1. The van der Waals surface area contributed by atoms with Gasteiger partial charge in [-0.3, -0.25) is 4.79 Å². The molecule has 1 amide bonds. The maximum Gasteiger partial charge on any atom is 0.225 e. The van der Waals surface area contributed by atoms with Gasteiger partial charge in [-0.05, 0) is 43.4 Å². The van der Waals surface area contributed by atoms with E-state index in [1.54, 1.807) is 0 Å². The maximum atomic E-state index is 12.6. The molecular formula is C15H28N2O. The Bertz CT molecular complexity index is 303. The van der Waals surface area contributed by atoms with Crippen LogP contribution in [0, 0.1) is 23.7 Å². The molecule has 0 aromatic heterocycles. The Balaban J connectivity index is 1.92. The van der Waals surface area contributed by atoms with E-state index in [1.165, 1.54) is 6.42 Å². The van der Waals surface area contributed by atoms with Gasteiger partial charge in [0.15, 0.2) is 0 Å². The zero-order valence-electron chi connectivity index (χ0n) is 12.1. The van der Waals surface area contributed by atoms with Crippen molar-refractivity contribution in [2.75, 3.05) is 13.1 Å². The summed E-state index contributed by atoms with van der Waals surface area (Å²) in [5, 5.41) is 0. The Morgan fingerprint density at radius 1 is 1.28 bits per heavy atom. The van der Waals surface area contributed by atoms with Gasteiger partial charge >= 0.3 is 0 Å². The third kappa shape index (κ3) is 2.87. The van der Waals surface area contributed by atoms with Gasteiger partial charge in [0.1, 0.15) is 0 Å². The smallest absolute Gasteiger partial charge is 0.225 e. The second-order valence-electron chi connectivity index (χ2n) is 6.73. The van der Waals surface area contributed by atoms with Crippen LogP contribution in [0.3, 0.4) is 0 Å². The van der Waals surface area contributed by atoms with Crippen LogP contribution >= 0.6 is 0 Å². The minimum absolute atomic E-state index is 0.232. The van der Waals surface area contributed by atoms with E-state index in [0.29, 0.717) is 29.7 Å². The number of hydrogen-bond donors (Lipinski definition) is 1. The van der Waals surface area contributed by atoms with Crippen molar-refractivity contribution in [2.24, 2.45) is 29.4 Å². The first-order valence-electron chi connectivity index (χ1n) is 7.53. The van der Waals surface area contributed by atoms with E-state index < -0.39 is 0 Å². The van der Waals surface area contributed by atoms with Crippen LogP contribution in [0.5, 0.6) is 0 Å². The lowest BCUT2D eigenvalue weighted by atomic mass is 9.77. The topological polar surface area (TPSA) is 46.3 Å². The number of likely N-dealkylation sites (tertiary alicyclic amines) is 1. The van der Waals surface area contributed by atoms with Crippen molar-refractivity contribution in [1.82, 2.24) is 4.90 Å². The van der Waals surface area contributed by atoms with Crippen molar-refractivity contribution in [3.63, 3.8) is 0 Å². The summed E-state index contributed by atoms with van der Waals surface area (Å²) < 4.78 is 0. The molecule has 1 saturated carbocycles. The van der Waals surface area contributed by atoms with Crippen LogP contribution in [0.15, 0.2) is 0 Å². The minimum atomic E-state index is 0.232. The predicted molar refractivity (Wildman–Crippen MR) is 74.0 cm³/mol. The van der Waals surface area contributed by atoms with Crippen LogP contribution in [-0.4, -0.2) is 29.9 Å². The highest BCUT2D eigenvalue weighted by Crippen LogP contribution is 2.33. The third-order valence-electron chi connectivity index (χ3n) is 5.01. The first-order chi connectivity index (χ1) is 8.49. The molecular weight excluding hydrogens is 224 g/mol. The number of amides is 1. The molecule has 0 spiro atoms. The normalized spacial score (nSPS) is 37.3. The minimum Gasteiger partial charge on any atom is -0.342 e. The lowest BCUT2D eigenvalue weighted by Crippen LogP contribution is -2.42. The lowest BCUT2D eigenvalue weighted by molar-refractivity contribution is -0.137. The molecule has 1 aliphatic carbocycles. The van der Waals surface area contributed by atoms with Gasteiger partial charge in [-0.2, -0.15) is 0 Å². The molecule has 0 radical (unpaired) electrons. The molecule has 2 rings (SSSR count). The van der Waals surface area contributed by atoms with Crippen molar-refractivity contribution in [2.45, 2.75) is 52.5 Å². The molecule has 1 saturated heterocycles. The third-order valence-corrected chi connectivity index (χ3v) is 5.01. The van der Waals surface area contributed by atoms with Crippen LogP contribution < -0.4 is 5.73 Å². The molecule has 3 nitrogen and oxygen atoms in total. The fraction of sp³-hybridized carbons (Fsp3) is 0.933. The Morgan fingerprint density at radius 2 is 2.00 bits per heavy atom. The average molecular weight is 252 g/mol. The van der Waals surface area contributed by atoms with Gasteiger partial charge in [0.25, 0.3) is 0 Å². The number of hydrogen-bond acceptors (Lipinski definition) is 2. The van der Waals surface area contributed by atoms with Crippen molar-refractivity contribution < 1.29 is 4.79 Å². The Labute approximate surface area is 111 Å². The summed E-state index contributed by atoms with van der Waals surface area (Å²) in [4.78, 5) is 14.7. The van der Waals surface area contributed by atoms with Crippen molar-refractivity contribution in [1.29, 1.82) is 0 Å². The summed E-state index contributed by atoms with van der Waals surface area (Å²) in [6, 6.07) is 0.311. The summed E-state index contributed by atoms with van der Waals surface area (Å²) in [5.74, 6) is 2.49. The second-order valence-corrected chi connectivity index (χ2v) is 6.73. The number of carbonyl (C=O) groups is 1. The molecule has 104 valence electrons. The maximum absolute atomic E-state index is 12.6. The molecule has 1 heterocycles. The monoisotopic (exact) mass is 252 g/mol. The van der Waals surface area contributed by atoms with E-state index in [9.17, 15) is 4.79 Å². The van der Waals surface area contributed by atoms with Crippen LogP contribution in [-0.2, 0) is 4.79 Å². The van der Waals surface area contributed by atoms with Crippen LogP contribution in [0.2, 0.25) is 0 Å². The van der Waals surface area contributed by atoms with E-state index in [0.717, 1.165) is 32.4 Å². The van der Waals surface area contributed by atoms with E-state index in [1.807, 2.05) is 0 Å². The predicted octanol–water partition coefficient (Wildman–Crippen LogP) is 2.25. The van der Waals surface area contributed by atoms with Gasteiger partial charge < -0.3 is 10.6 Å². The fourth-order valence-electron chi connectivity index (χ4n) is 3.57. The Hall–Kier alpha value is -0.570. The largest absolute Gasteiger partial charge is 0.342 e. The van der Waals surface area contributed by atoms with E-state index in [-0.39, 0.29) is 5.92 Å². The molecule has 0 aromatic rings. The number of rotatable bonds is 2. The standard InChI is InChI=1S/C15H28N2O/c1-10(2)12-6-7-17(9-12)15(18)14-5-4-13(16)8-11(14)3/h10-14H,4-9,16H2,1-3H3. The highest BCUT2D eigenvalue weighted by Gasteiger charge is 2.36. The van der Waals surface area contributed by atoms with Gasteiger partial charge in [-0.15, -0.1) is 0 Å². The van der Waals surface area contributed by atoms with E-state index >= 15 is 0 Å². The number of nitrogens with zero attached hydrogens (tertiary/aromatic N) is 1. The molecule has 0 aromatic carbocycles. The summed E-state index contributed by atoms with van der Waals surface area (Å²) in [5.41, 5.74) is 5.98. The van der Waals surface area contributed by atoms with Crippen LogP contribution in [0.1, 0.15) is 46.5 Å². The summed E-state index contributed by atoms with van der Waals surface area (Å²) in [6.07, 6.45) is 4.20. The second kappa shape index (κ2) is 5.60. The molecule has 18 heavy (non-hydrogen) atoms.